The number of nitrogens with zero attached hydrogens (tertiary/aromatic N) is 3. The SMILES string of the molecule is Cc1ccc(-c2cc(C(=O)Nc3cccc([N+](=O)[O-])c3C)c3c(C)noc3n2)cc1. The van der Waals surface area contributed by atoms with Gasteiger partial charge in [0.15, 0.2) is 0 Å². The lowest BCUT2D eigenvalue weighted by atomic mass is 10.0. The number of hydrogen-bond donors (Lipinski definition) is 1. The van der Waals surface area contributed by atoms with Gasteiger partial charge in [0.25, 0.3) is 17.3 Å². The van der Waals surface area contributed by atoms with Crippen LogP contribution < -0.4 is 5.32 Å². The van der Waals surface area contributed by atoms with Crippen molar-refractivity contribution >= 4 is 28.4 Å². The van der Waals surface area contributed by atoms with Gasteiger partial charge in [-0.1, -0.05) is 41.1 Å². The quantitative estimate of drug-likeness (QED) is 0.381. The first-order chi connectivity index (χ1) is 14.3. The number of carbonyl (C=O) groups is 1. The number of nitro benzene ring substituents is 1. The molecule has 1 amide bonds. The summed E-state index contributed by atoms with van der Waals surface area (Å²) in [6.07, 6.45) is 0. The maximum absolute atomic E-state index is 13.2. The molecule has 0 aliphatic rings. The average molecular weight is 402 g/mol. The molecule has 0 unspecified atom stereocenters. The Morgan fingerprint density at radius 3 is 2.53 bits per heavy atom. The summed E-state index contributed by atoms with van der Waals surface area (Å²) in [4.78, 5) is 28.4. The zero-order chi connectivity index (χ0) is 21.4. The minimum absolute atomic E-state index is 0.0609. The molecule has 2 heterocycles. The first kappa shape index (κ1) is 19.3. The highest BCUT2D eigenvalue weighted by Gasteiger charge is 2.21. The summed E-state index contributed by atoms with van der Waals surface area (Å²) >= 11 is 0. The fraction of sp³-hybridized carbons (Fsp3) is 0.136. The van der Waals surface area contributed by atoms with E-state index in [9.17, 15) is 14.9 Å². The molecule has 8 nitrogen and oxygen atoms in total. The molecule has 0 aliphatic heterocycles. The maximum atomic E-state index is 13.2. The Kier molecular flexibility index (Phi) is 4.75. The Morgan fingerprint density at radius 2 is 1.83 bits per heavy atom. The predicted molar refractivity (Wildman–Crippen MR) is 113 cm³/mol. The van der Waals surface area contributed by atoms with Crippen LogP contribution in [0, 0.1) is 30.9 Å². The van der Waals surface area contributed by atoms with E-state index < -0.39 is 10.8 Å². The van der Waals surface area contributed by atoms with Crippen molar-refractivity contribution in [2.75, 3.05) is 5.32 Å². The van der Waals surface area contributed by atoms with Gasteiger partial charge in [-0.3, -0.25) is 14.9 Å². The highest BCUT2D eigenvalue weighted by Crippen LogP contribution is 2.29. The second-order valence-electron chi connectivity index (χ2n) is 7.03. The van der Waals surface area contributed by atoms with E-state index >= 15 is 0 Å². The zero-order valence-electron chi connectivity index (χ0n) is 16.6. The molecule has 4 rings (SSSR count). The summed E-state index contributed by atoms with van der Waals surface area (Å²) in [5.74, 6) is -0.425. The molecular formula is C22H18N4O4. The molecule has 0 saturated heterocycles. The second kappa shape index (κ2) is 7.40. The van der Waals surface area contributed by atoms with Crippen LogP contribution in [0.15, 0.2) is 53.1 Å². The van der Waals surface area contributed by atoms with Crippen molar-refractivity contribution in [1.29, 1.82) is 0 Å². The van der Waals surface area contributed by atoms with Crippen LogP contribution in [0.1, 0.15) is 27.2 Å². The number of carbonyl (C=O) groups excluding carboxylic acids is 1. The molecule has 8 heteroatoms. The molecule has 2 aromatic heterocycles. The van der Waals surface area contributed by atoms with Crippen molar-refractivity contribution in [3.8, 4) is 11.3 Å². The predicted octanol–water partition coefficient (Wildman–Crippen LogP) is 4.98. The van der Waals surface area contributed by atoms with E-state index in [1.54, 1.807) is 26.0 Å². The third kappa shape index (κ3) is 3.39. The molecule has 2 aromatic carbocycles. The van der Waals surface area contributed by atoms with Crippen LogP contribution in [0.3, 0.4) is 0 Å². The Labute approximate surface area is 171 Å². The van der Waals surface area contributed by atoms with Gasteiger partial charge in [0.2, 0.25) is 0 Å². The molecule has 1 N–H and O–H groups in total. The smallest absolute Gasteiger partial charge is 0.274 e. The van der Waals surface area contributed by atoms with Gasteiger partial charge >= 0.3 is 0 Å². The molecule has 30 heavy (non-hydrogen) atoms. The van der Waals surface area contributed by atoms with Gasteiger partial charge in [0.05, 0.1) is 38.5 Å². The number of anilines is 1. The number of hydrogen-bond acceptors (Lipinski definition) is 6. The minimum atomic E-state index is -0.477. The van der Waals surface area contributed by atoms with Crippen LogP contribution in [0.25, 0.3) is 22.4 Å². The van der Waals surface area contributed by atoms with Crippen LogP contribution in [-0.2, 0) is 0 Å². The molecule has 0 saturated carbocycles. The largest absolute Gasteiger partial charge is 0.335 e. The lowest BCUT2D eigenvalue weighted by Gasteiger charge is -2.10. The van der Waals surface area contributed by atoms with E-state index in [2.05, 4.69) is 15.5 Å². The van der Waals surface area contributed by atoms with E-state index in [0.29, 0.717) is 33.6 Å². The van der Waals surface area contributed by atoms with Crippen molar-refractivity contribution in [3.63, 3.8) is 0 Å². The summed E-state index contributed by atoms with van der Waals surface area (Å²) in [5.41, 5.74) is 4.31. The number of fused-ring (bicyclic) bond motifs is 1. The number of rotatable bonds is 4. The Bertz CT molecular complexity index is 1290. The summed E-state index contributed by atoms with van der Waals surface area (Å²) in [5, 5.41) is 18.4. The van der Waals surface area contributed by atoms with Gasteiger partial charge in [-0.2, -0.15) is 0 Å². The van der Waals surface area contributed by atoms with Gasteiger partial charge < -0.3 is 9.84 Å². The number of nitrogens with one attached hydrogen (secondary N) is 1. The monoisotopic (exact) mass is 402 g/mol. The van der Waals surface area contributed by atoms with E-state index in [-0.39, 0.29) is 11.4 Å². The van der Waals surface area contributed by atoms with Crippen molar-refractivity contribution in [2.24, 2.45) is 0 Å². The standard InChI is InChI=1S/C22H18N4O4/c1-12-7-9-15(10-8-12)18-11-16(20-14(3)25-30-22(20)24-18)21(27)23-17-5-4-6-19(13(17)2)26(28)29/h4-11H,1-3H3,(H,23,27). The average Bonchev–Trinajstić information content (AvgIpc) is 3.10. The fourth-order valence-corrected chi connectivity index (χ4v) is 3.29. The molecule has 0 spiro atoms. The Hall–Kier alpha value is -4.07. The molecular weight excluding hydrogens is 384 g/mol. The minimum Gasteiger partial charge on any atom is -0.335 e. The molecule has 0 bridgehead atoms. The first-order valence-electron chi connectivity index (χ1n) is 9.24. The summed E-state index contributed by atoms with van der Waals surface area (Å²) in [7, 11) is 0. The van der Waals surface area contributed by atoms with Crippen LogP contribution >= 0.6 is 0 Å². The van der Waals surface area contributed by atoms with E-state index in [1.165, 1.54) is 12.1 Å². The number of nitro groups is 1. The highest BCUT2D eigenvalue weighted by molar-refractivity contribution is 6.13. The van der Waals surface area contributed by atoms with E-state index in [1.807, 2.05) is 31.2 Å². The van der Waals surface area contributed by atoms with E-state index in [4.69, 9.17) is 4.52 Å². The summed E-state index contributed by atoms with van der Waals surface area (Å²) in [6.45, 7) is 5.31. The molecule has 0 aliphatic carbocycles. The zero-order valence-corrected chi connectivity index (χ0v) is 16.6. The van der Waals surface area contributed by atoms with Gasteiger partial charge in [-0.15, -0.1) is 0 Å². The van der Waals surface area contributed by atoms with Crippen LogP contribution in [-0.4, -0.2) is 21.0 Å². The van der Waals surface area contributed by atoms with Crippen molar-refractivity contribution in [1.82, 2.24) is 10.1 Å². The summed E-state index contributed by atoms with van der Waals surface area (Å²) < 4.78 is 5.32. The fourth-order valence-electron chi connectivity index (χ4n) is 3.29. The van der Waals surface area contributed by atoms with Crippen molar-refractivity contribution in [3.05, 3.63) is 81.0 Å². The molecule has 0 atom stereocenters. The molecule has 0 fully saturated rings. The number of amides is 1. The summed E-state index contributed by atoms with van der Waals surface area (Å²) in [6, 6.07) is 14.0. The Balaban J connectivity index is 1.80. The van der Waals surface area contributed by atoms with Gasteiger partial charge in [-0.05, 0) is 32.9 Å². The normalized spacial score (nSPS) is 10.9. The molecule has 4 aromatic rings. The van der Waals surface area contributed by atoms with Gasteiger partial charge in [0, 0.05) is 11.6 Å². The third-order valence-electron chi connectivity index (χ3n) is 4.96. The number of pyridine rings is 1. The van der Waals surface area contributed by atoms with Crippen LogP contribution in [0.4, 0.5) is 11.4 Å². The highest BCUT2D eigenvalue weighted by atomic mass is 16.6. The molecule has 150 valence electrons. The van der Waals surface area contributed by atoms with Gasteiger partial charge in [-0.25, -0.2) is 4.98 Å². The maximum Gasteiger partial charge on any atom is 0.274 e. The van der Waals surface area contributed by atoms with Crippen LogP contribution in [0.2, 0.25) is 0 Å². The van der Waals surface area contributed by atoms with E-state index in [0.717, 1.165) is 11.1 Å². The van der Waals surface area contributed by atoms with Crippen molar-refractivity contribution < 1.29 is 14.2 Å². The lowest BCUT2D eigenvalue weighted by molar-refractivity contribution is -0.385. The Morgan fingerprint density at radius 1 is 1.10 bits per heavy atom. The van der Waals surface area contributed by atoms with Crippen molar-refractivity contribution in [2.45, 2.75) is 20.8 Å². The second-order valence-corrected chi connectivity index (χ2v) is 7.03. The number of benzene rings is 2. The first-order valence-corrected chi connectivity index (χ1v) is 9.24. The number of aromatic nitrogens is 2. The topological polar surface area (TPSA) is 111 Å². The third-order valence-corrected chi connectivity index (χ3v) is 4.96. The lowest BCUT2D eigenvalue weighted by Crippen LogP contribution is -2.14. The van der Waals surface area contributed by atoms with Crippen LogP contribution in [0.5, 0.6) is 0 Å². The van der Waals surface area contributed by atoms with Gasteiger partial charge in [0.1, 0.15) is 0 Å². The number of aryl methyl sites for hydroxylation is 2. The molecule has 0 radical (unpaired) electrons.